The molecule has 29 heavy (non-hydrogen) atoms. The van der Waals surface area contributed by atoms with Gasteiger partial charge in [0, 0.05) is 12.4 Å². The van der Waals surface area contributed by atoms with Crippen molar-refractivity contribution in [2.24, 2.45) is 22.7 Å². The van der Waals surface area contributed by atoms with Crippen LogP contribution in [-0.4, -0.2) is 22.2 Å². The number of fused-ring (bicyclic) bond motifs is 2. The monoisotopic (exact) mass is 399 g/mol. The number of hydrogen-bond acceptors (Lipinski definition) is 2. The van der Waals surface area contributed by atoms with E-state index in [0.29, 0.717) is 10.8 Å². The van der Waals surface area contributed by atoms with Crippen molar-refractivity contribution >= 4 is 5.97 Å². The molecule has 1 saturated carbocycles. The zero-order valence-electron chi connectivity index (χ0n) is 18.7. The molecular weight excluding hydrogens is 362 g/mol. The molecule has 4 rings (SSSR count). The number of nitrogens with zero attached hydrogens (tertiary/aromatic N) is 1. The van der Waals surface area contributed by atoms with Crippen molar-refractivity contribution < 1.29 is 14.6 Å². The summed E-state index contributed by atoms with van der Waals surface area (Å²) in [5, 5.41) is 9.62. The molecule has 160 valence electrons. The maximum Gasteiger partial charge on any atom is 0.326 e. The molecule has 4 nitrogen and oxygen atoms in total. The minimum Gasteiger partial charge on any atom is -0.480 e. The summed E-state index contributed by atoms with van der Waals surface area (Å²) in [6.45, 7) is 12.1. The summed E-state index contributed by atoms with van der Waals surface area (Å²) in [6, 6.07) is 1.53. The predicted molar refractivity (Wildman–Crippen MR) is 115 cm³/mol. The van der Waals surface area contributed by atoms with Gasteiger partial charge >= 0.3 is 5.97 Å². The van der Waals surface area contributed by atoms with Crippen LogP contribution >= 0.6 is 0 Å². The molecule has 4 unspecified atom stereocenters. The minimum atomic E-state index is -0.774. The van der Waals surface area contributed by atoms with Crippen LogP contribution in [-0.2, 0) is 9.53 Å². The number of aliphatic carboxylic acids is 1. The van der Waals surface area contributed by atoms with Gasteiger partial charge in [0.05, 0.1) is 12.7 Å². The van der Waals surface area contributed by atoms with Crippen LogP contribution in [0.3, 0.4) is 0 Å². The Labute approximate surface area is 175 Å². The maximum atomic E-state index is 11.7. The van der Waals surface area contributed by atoms with E-state index in [1.54, 1.807) is 11.1 Å². The summed E-state index contributed by atoms with van der Waals surface area (Å²) in [6.07, 6.45) is 11.3. The van der Waals surface area contributed by atoms with E-state index in [1.165, 1.54) is 32.1 Å². The van der Waals surface area contributed by atoms with Gasteiger partial charge in [-0.1, -0.05) is 46.6 Å². The SMILES string of the molecule is CC(C)C(C(=O)O)n1ccc(C2CC3=C(CCC4C(C)(C)CCCC34C)CO2)c1. The van der Waals surface area contributed by atoms with Gasteiger partial charge in [0.1, 0.15) is 6.04 Å². The van der Waals surface area contributed by atoms with Crippen LogP contribution in [0.2, 0.25) is 0 Å². The van der Waals surface area contributed by atoms with Crippen LogP contribution in [0.15, 0.2) is 29.6 Å². The Morgan fingerprint density at radius 1 is 1.28 bits per heavy atom. The molecule has 0 radical (unpaired) electrons. The predicted octanol–water partition coefficient (Wildman–Crippen LogP) is 6.15. The summed E-state index contributed by atoms with van der Waals surface area (Å²) in [5.74, 6) is 0.0174. The van der Waals surface area contributed by atoms with E-state index in [1.807, 2.05) is 30.8 Å². The number of ether oxygens (including phenoxy) is 1. The molecule has 2 heterocycles. The second-order valence-electron chi connectivity index (χ2n) is 10.9. The second kappa shape index (κ2) is 7.30. The number of hydrogen-bond donors (Lipinski definition) is 1. The molecule has 0 aromatic carbocycles. The van der Waals surface area contributed by atoms with Crippen molar-refractivity contribution in [1.82, 2.24) is 4.57 Å². The number of aromatic nitrogens is 1. The van der Waals surface area contributed by atoms with E-state index in [-0.39, 0.29) is 12.0 Å². The van der Waals surface area contributed by atoms with E-state index in [2.05, 4.69) is 26.8 Å². The van der Waals surface area contributed by atoms with Crippen LogP contribution in [0, 0.1) is 22.7 Å². The molecule has 1 N–H and O–H groups in total. The zero-order chi connectivity index (χ0) is 21.0. The smallest absolute Gasteiger partial charge is 0.326 e. The molecule has 4 atom stereocenters. The Hall–Kier alpha value is -1.55. The molecule has 1 aromatic heterocycles. The zero-order valence-corrected chi connectivity index (χ0v) is 18.7. The first-order valence-corrected chi connectivity index (χ1v) is 11.4. The topological polar surface area (TPSA) is 51.5 Å². The molecule has 1 aromatic rings. The van der Waals surface area contributed by atoms with Gasteiger partial charge < -0.3 is 14.4 Å². The van der Waals surface area contributed by atoms with Gasteiger partial charge in [-0.3, -0.25) is 0 Å². The quantitative estimate of drug-likeness (QED) is 0.617. The van der Waals surface area contributed by atoms with E-state index < -0.39 is 12.0 Å². The summed E-state index contributed by atoms with van der Waals surface area (Å²) in [7, 11) is 0. The van der Waals surface area contributed by atoms with Crippen LogP contribution in [0.5, 0.6) is 0 Å². The van der Waals surface area contributed by atoms with Crippen molar-refractivity contribution in [3.63, 3.8) is 0 Å². The normalized spacial score (nSPS) is 32.6. The van der Waals surface area contributed by atoms with Gasteiger partial charge in [-0.25, -0.2) is 4.79 Å². The Bertz CT molecular complexity index is 818. The molecule has 0 spiro atoms. The van der Waals surface area contributed by atoms with Gasteiger partial charge in [-0.2, -0.15) is 0 Å². The molecule has 0 amide bonds. The van der Waals surface area contributed by atoms with E-state index in [4.69, 9.17) is 4.74 Å². The van der Waals surface area contributed by atoms with E-state index >= 15 is 0 Å². The molecular formula is C25H37NO3. The van der Waals surface area contributed by atoms with Gasteiger partial charge in [0.15, 0.2) is 0 Å². The van der Waals surface area contributed by atoms with E-state index in [9.17, 15) is 9.90 Å². The van der Waals surface area contributed by atoms with Crippen molar-refractivity contribution in [3.8, 4) is 0 Å². The summed E-state index contributed by atoms with van der Waals surface area (Å²) < 4.78 is 8.16. The van der Waals surface area contributed by atoms with Gasteiger partial charge in [0.2, 0.25) is 0 Å². The van der Waals surface area contributed by atoms with Crippen LogP contribution in [0.4, 0.5) is 0 Å². The fourth-order valence-corrected chi connectivity index (χ4v) is 6.81. The Balaban J connectivity index is 1.60. The maximum absolute atomic E-state index is 11.7. The van der Waals surface area contributed by atoms with Gasteiger partial charge in [0.25, 0.3) is 0 Å². The second-order valence-corrected chi connectivity index (χ2v) is 10.9. The molecule has 3 aliphatic rings. The first-order chi connectivity index (χ1) is 13.6. The average molecular weight is 400 g/mol. The largest absolute Gasteiger partial charge is 0.480 e. The first-order valence-electron chi connectivity index (χ1n) is 11.4. The third-order valence-electron chi connectivity index (χ3n) is 8.24. The summed E-state index contributed by atoms with van der Waals surface area (Å²) in [4.78, 5) is 11.7. The molecule has 1 fully saturated rings. The summed E-state index contributed by atoms with van der Waals surface area (Å²) >= 11 is 0. The fourth-order valence-electron chi connectivity index (χ4n) is 6.81. The van der Waals surface area contributed by atoms with Crippen LogP contribution in [0.1, 0.15) is 90.9 Å². The molecule has 2 aliphatic carbocycles. The highest BCUT2D eigenvalue weighted by atomic mass is 16.5. The van der Waals surface area contributed by atoms with Crippen LogP contribution in [0.25, 0.3) is 0 Å². The lowest BCUT2D eigenvalue weighted by molar-refractivity contribution is -0.142. The minimum absolute atomic E-state index is 0.0387. The van der Waals surface area contributed by atoms with Crippen molar-refractivity contribution in [2.75, 3.05) is 6.61 Å². The first kappa shape index (κ1) is 20.7. The van der Waals surface area contributed by atoms with Crippen molar-refractivity contribution in [1.29, 1.82) is 0 Å². The lowest BCUT2D eigenvalue weighted by Gasteiger charge is -2.56. The third kappa shape index (κ3) is 3.48. The number of rotatable bonds is 4. The lowest BCUT2D eigenvalue weighted by Crippen LogP contribution is -2.47. The van der Waals surface area contributed by atoms with Crippen molar-refractivity contribution in [2.45, 2.75) is 85.3 Å². The van der Waals surface area contributed by atoms with Crippen molar-refractivity contribution in [3.05, 3.63) is 35.2 Å². The number of carbonyl (C=O) groups is 1. The Morgan fingerprint density at radius 2 is 2.03 bits per heavy atom. The number of carboxylic acids is 1. The highest BCUT2D eigenvalue weighted by molar-refractivity contribution is 5.72. The molecule has 0 saturated heterocycles. The molecule has 0 bridgehead atoms. The van der Waals surface area contributed by atoms with Crippen LogP contribution < -0.4 is 0 Å². The number of carboxylic acid groups (broad SMARTS) is 1. The standard InChI is InChI=1S/C25H37NO3/c1-16(2)22(23(27)28)26-12-9-17(14-26)20-13-19-18(15-29-20)7-8-21-24(3,4)10-6-11-25(19,21)5/h9,12,14,16,20-22H,6-8,10-11,13,15H2,1-5H3,(H,27,28). The third-order valence-corrected chi connectivity index (χ3v) is 8.24. The lowest BCUT2D eigenvalue weighted by atomic mass is 9.49. The Morgan fingerprint density at radius 3 is 2.72 bits per heavy atom. The highest BCUT2D eigenvalue weighted by Gasteiger charge is 2.51. The van der Waals surface area contributed by atoms with Gasteiger partial charge in [-0.05, 0) is 72.0 Å². The fraction of sp³-hybridized carbons (Fsp3) is 0.720. The molecule has 1 aliphatic heterocycles. The Kier molecular flexibility index (Phi) is 5.21. The summed E-state index contributed by atoms with van der Waals surface area (Å²) in [5.41, 5.74) is 5.02. The van der Waals surface area contributed by atoms with Gasteiger partial charge in [-0.15, -0.1) is 0 Å². The average Bonchev–Trinajstić information content (AvgIpc) is 3.09. The highest BCUT2D eigenvalue weighted by Crippen LogP contribution is 2.61. The molecule has 4 heteroatoms. The van der Waals surface area contributed by atoms with E-state index in [0.717, 1.165) is 24.5 Å².